The van der Waals surface area contributed by atoms with Crippen LogP contribution in [0.1, 0.15) is 56.6 Å². The molecule has 0 spiro atoms. The van der Waals surface area contributed by atoms with Crippen LogP contribution in [0, 0.1) is 0 Å². The van der Waals surface area contributed by atoms with Crippen LogP contribution in [0.5, 0.6) is 0 Å². The molecule has 1 aliphatic rings. The van der Waals surface area contributed by atoms with Crippen molar-refractivity contribution < 1.29 is 24.2 Å². The molecule has 0 radical (unpaired) electrons. The van der Waals surface area contributed by atoms with Gasteiger partial charge in [-0.3, -0.25) is 9.59 Å². The van der Waals surface area contributed by atoms with Crippen molar-refractivity contribution in [2.45, 2.75) is 51.5 Å². The molecule has 1 atom stereocenters. The summed E-state index contributed by atoms with van der Waals surface area (Å²) in [5.41, 5.74) is 4.61. The standard InChI is InChI=1S/C26H32N2O5/c1-3-9-18(16-24(29)28(4-2)15-14-25(30)31)27-26(32)33-17-23-21-12-7-5-10-19(21)20-11-6-8-13-22(20)23/h5-8,10-13,18,23H,3-4,9,14-17H2,1-2H3,(H,27,32)(H,30,31)/t18-/m0/s1. The molecule has 0 fully saturated rings. The average molecular weight is 453 g/mol. The van der Waals surface area contributed by atoms with E-state index in [-0.39, 0.29) is 43.9 Å². The van der Waals surface area contributed by atoms with E-state index in [4.69, 9.17) is 9.84 Å². The number of fused-ring (bicyclic) bond motifs is 3. The Kier molecular flexibility index (Phi) is 8.46. The summed E-state index contributed by atoms with van der Waals surface area (Å²) in [4.78, 5) is 37.6. The molecular formula is C26H32N2O5. The summed E-state index contributed by atoms with van der Waals surface area (Å²) in [5, 5.41) is 11.7. The Morgan fingerprint density at radius 2 is 1.64 bits per heavy atom. The summed E-state index contributed by atoms with van der Waals surface area (Å²) >= 11 is 0. The Hall–Kier alpha value is -3.35. The molecule has 1 aliphatic carbocycles. The molecule has 0 saturated heterocycles. The first kappa shape index (κ1) is 24.3. The number of ether oxygens (including phenoxy) is 1. The van der Waals surface area contributed by atoms with Crippen molar-refractivity contribution in [3.05, 3.63) is 59.7 Å². The van der Waals surface area contributed by atoms with Gasteiger partial charge < -0.3 is 20.1 Å². The summed E-state index contributed by atoms with van der Waals surface area (Å²) in [5.74, 6) is -1.14. The van der Waals surface area contributed by atoms with Gasteiger partial charge in [0.2, 0.25) is 5.91 Å². The normalized spacial score (nSPS) is 13.0. The molecule has 0 unspecified atom stereocenters. The Morgan fingerprint density at radius 1 is 1.03 bits per heavy atom. The minimum absolute atomic E-state index is 0.0268. The second kappa shape index (κ2) is 11.5. The van der Waals surface area contributed by atoms with Crippen LogP contribution in [-0.4, -0.2) is 53.7 Å². The number of carboxylic acids is 1. The third kappa shape index (κ3) is 6.12. The lowest BCUT2D eigenvalue weighted by Gasteiger charge is -2.24. The molecule has 2 aromatic carbocycles. The van der Waals surface area contributed by atoms with Gasteiger partial charge in [-0.1, -0.05) is 61.9 Å². The number of hydrogen-bond donors (Lipinski definition) is 2. The number of carboxylic acid groups (broad SMARTS) is 1. The van der Waals surface area contributed by atoms with Gasteiger partial charge in [-0.25, -0.2) is 4.79 Å². The summed E-state index contributed by atoms with van der Waals surface area (Å²) in [7, 11) is 0. The highest BCUT2D eigenvalue weighted by molar-refractivity contribution is 5.80. The van der Waals surface area contributed by atoms with Gasteiger partial charge in [0, 0.05) is 31.5 Å². The number of nitrogens with zero attached hydrogens (tertiary/aromatic N) is 1. The Labute approximate surface area is 194 Å². The third-order valence-corrected chi connectivity index (χ3v) is 6.05. The van der Waals surface area contributed by atoms with Crippen LogP contribution in [0.25, 0.3) is 11.1 Å². The molecule has 0 saturated carbocycles. The highest BCUT2D eigenvalue weighted by Crippen LogP contribution is 2.44. The Bertz CT molecular complexity index is 945. The lowest BCUT2D eigenvalue weighted by Crippen LogP contribution is -2.41. The number of alkyl carbamates (subject to hydrolysis) is 1. The highest BCUT2D eigenvalue weighted by atomic mass is 16.5. The number of nitrogens with one attached hydrogen (secondary N) is 1. The molecule has 0 heterocycles. The van der Waals surface area contributed by atoms with Crippen molar-refractivity contribution in [2.75, 3.05) is 19.7 Å². The predicted octanol–water partition coefficient (Wildman–Crippen LogP) is 4.41. The van der Waals surface area contributed by atoms with E-state index in [0.717, 1.165) is 28.7 Å². The number of carbonyl (C=O) groups excluding carboxylic acids is 2. The molecule has 2 N–H and O–H groups in total. The summed E-state index contributed by atoms with van der Waals surface area (Å²) < 4.78 is 5.61. The van der Waals surface area contributed by atoms with Crippen LogP contribution in [0.15, 0.2) is 48.5 Å². The van der Waals surface area contributed by atoms with Gasteiger partial charge in [0.15, 0.2) is 0 Å². The first-order valence-electron chi connectivity index (χ1n) is 11.6. The van der Waals surface area contributed by atoms with Gasteiger partial charge in [-0.2, -0.15) is 0 Å². The molecule has 176 valence electrons. The highest BCUT2D eigenvalue weighted by Gasteiger charge is 2.29. The van der Waals surface area contributed by atoms with Crippen molar-refractivity contribution in [1.29, 1.82) is 0 Å². The fourth-order valence-corrected chi connectivity index (χ4v) is 4.41. The smallest absolute Gasteiger partial charge is 0.407 e. The van der Waals surface area contributed by atoms with E-state index >= 15 is 0 Å². The van der Waals surface area contributed by atoms with Crippen molar-refractivity contribution in [3.63, 3.8) is 0 Å². The fraction of sp³-hybridized carbons (Fsp3) is 0.423. The number of rotatable bonds is 11. The summed E-state index contributed by atoms with van der Waals surface area (Å²) in [6.45, 7) is 4.60. The third-order valence-electron chi connectivity index (χ3n) is 6.05. The quantitative estimate of drug-likeness (QED) is 0.527. The average Bonchev–Trinajstić information content (AvgIpc) is 3.12. The van der Waals surface area contributed by atoms with Crippen molar-refractivity contribution >= 4 is 18.0 Å². The fourth-order valence-electron chi connectivity index (χ4n) is 4.41. The van der Waals surface area contributed by atoms with Gasteiger partial charge in [0.05, 0.1) is 6.42 Å². The van der Waals surface area contributed by atoms with E-state index in [9.17, 15) is 14.4 Å². The Balaban J connectivity index is 1.59. The molecule has 0 aliphatic heterocycles. The molecule has 3 rings (SSSR count). The number of hydrogen-bond acceptors (Lipinski definition) is 4. The van der Waals surface area contributed by atoms with Crippen molar-refractivity contribution in [3.8, 4) is 11.1 Å². The van der Waals surface area contributed by atoms with Crippen LogP contribution < -0.4 is 5.32 Å². The molecule has 2 aromatic rings. The molecule has 7 heteroatoms. The first-order valence-corrected chi connectivity index (χ1v) is 11.6. The minimum Gasteiger partial charge on any atom is -0.481 e. The maximum Gasteiger partial charge on any atom is 0.407 e. The molecule has 2 amide bonds. The lowest BCUT2D eigenvalue weighted by molar-refractivity contribution is -0.138. The molecular weight excluding hydrogens is 420 g/mol. The van der Waals surface area contributed by atoms with Crippen molar-refractivity contribution in [2.24, 2.45) is 0 Å². The summed E-state index contributed by atoms with van der Waals surface area (Å²) in [6.07, 6.45) is 0.898. The Morgan fingerprint density at radius 3 is 2.18 bits per heavy atom. The van der Waals surface area contributed by atoms with E-state index in [1.54, 1.807) is 0 Å². The molecule has 0 bridgehead atoms. The monoisotopic (exact) mass is 452 g/mol. The van der Waals surface area contributed by atoms with Crippen LogP contribution >= 0.6 is 0 Å². The SMILES string of the molecule is CCC[C@@H](CC(=O)N(CC)CCC(=O)O)NC(=O)OCC1c2ccccc2-c2ccccc21. The van der Waals surface area contributed by atoms with Crippen LogP contribution in [0.2, 0.25) is 0 Å². The zero-order valence-corrected chi connectivity index (χ0v) is 19.3. The number of carbonyl (C=O) groups is 3. The largest absolute Gasteiger partial charge is 0.481 e. The van der Waals surface area contributed by atoms with E-state index < -0.39 is 12.1 Å². The molecule has 7 nitrogen and oxygen atoms in total. The van der Waals surface area contributed by atoms with E-state index in [1.807, 2.05) is 38.1 Å². The van der Waals surface area contributed by atoms with E-state index in [2.05, 4.69) is 29.6 Å². The zero-order chi connectivity index (χ0) is 23.8. The maximum absolute atomic E-state index is 12.6. The first-order chi connectivity index (χ1) is 15.9. The maximum atomic E-state index is 12.6. The van der Waals surface area contributed by atoms with Crippen LogP contribution in [-0.2, 0) is 14.3 Å². The van der Waals surface area contributed by atoms with Crippen molar-refractivity contribution in [1.82, 2.24) is 10.2 Å². The topological polar surface area (TPSA) is 95.9 Å². The predicted molar refractivity (Wildman–Crippen MR) is 126 cm³/mol. The lowest BCUT2D eigenvalue weighted by atomic mass is 9.98. The van der Waals surface area contributed by atoms with E-state index in [1.165, 1.54) is 4.90 Å². The zero-order valence-electron chi connectivity index (χ0n) is 19.3. The second-order valence-electron chi connectivity index (χ2n) is 8.28. The second-order valence-corrected chi connectivity index (χ2v) is 8.28. The number of benzene rings is 2. The van der Waals surface area contributed by atoms with E-state index in [0.29, 0.717) is 13.0 Å². The van der Waals surface area contributed by atoms with Crippen LogP contribution in [0.3, 0.4) is 0 Å². The minimum atomic E-state index is -0.942. The summed E-state index contributed by atoms with van der Waals surface area (Å²) in [6, 6.07) is 15.9. The number of amides is 2. The number of aliphatic carboxylic acids is 1. The van der Waals surface area contributed by atoms with Gasteiger partial charge in [-0.05, 0) is 35.6 Å². The van der Waals surface area contributed by atoms with Gasteiger partial charge in [0.25, 0.3) is 0 Å². The van der Waals surface area contributed by atoms with Gasteiger partial charge >= 0.3 is 12.1 Å². The molecule has 0 aromatic heterocycles. The van der Waals surface area contributed by atoms with Gasteiger partial charge in [0.1, 0.15) is 6.61 Å². The van der Waals surface area contributed by atoms with Crippen LogP contribution in [0.4, 0.5) is 4.79 Å². The van der Waals surface area contributed by atoms with Gasteiger partial charge in [-0.15, -0.1) is 0 Å². The molecule has 33 heavy (non-hydrogen) atoms.